The van der Waals surface area contributed by atoms with Gasteiger partial charge in [-0.1, -0.05) is 77.5 Å². The number of hydrazone groups is 1. The molecule has 1 aliphatic heterocycles. The van der Waals surface area contributed by atoms with Crippen LogP contribution in [0.25, 0.3) is 16.9 Å². The number of nitrogens with zero attached hydrogens (tertiary/aromatic N) is 4. The van der Waals surface area contributed by atoms with Crippen molar-refractivity contribution in [1.82, 2.24) is 15.2 Å². The second-order valence-electron chi connectivity index (χ2n) is 8.72. The number of rotatable bonds is 7. The van der Waals surface area contributed by atoms with Gasteiger partial charge in [-0.2, -0.15) is 10.2 Å². The number of amides is 1. The van der Waals surface area contributed by atoms with Crippen LogP contribution in [0.5, 0.6) is 0 Å². The number of nitrogens with one attached hydrogen (secondary N) is 1. The van der Waals surface area contributed by atoms with Gasteiger partial charge in [0.2, 0.25) is 0 Å². The summed E-state index contributed by atoms with van der Waals surface area (Å²) < 4.78 is 1.84. The molecular formula is C28H27N7OS. The standard InChI is InChI=1S/C28H27N7OS/c1-18-8-12-20(13-9-18)24-21(17-34(33-24)22-6-4-3-5-7-22)16-31-32-28-35(23-14-10-19(2)11-15-23)26(29)25(37-28)27(30)36/h3-17,28,32H,29H2,1-2H3,(H2,30,36)/b31-16+. The molecule has 0 radical (unpaired) electrons. The van der Waals surface area contributed by atoms with Gasteiger partial charge in [-0.3, -0.25) is 15.1 Å². The van der Waals surface area contributed by atoms with Crippen molar-refractivity contribution in [2.24, 2.45) is 16.6 Å². The van der Waals surface area contributed by atoms with Crippen molar-refractivity contribution < 1.29 is 4.79 Å². The summed E-state index contributed by atoms with van der Waals surface area (Å²) in [6.45, 7) is 4.07. The summed E-state index contributed by atoms with van der Waals surface area (Å²) in [7, 11) is 0. The number of aryl methyl sites for hydroxylation is 2. The van der Waals surface area contributed by atoms with E-state index in [-0.39, 0.29) is 0 Å². The van der Waals surface area contributed by atoms with Crippen LogP contribution < -0.4 is 21.8 Å². The lowest BCUT2D eigenvalue weighted by atomic mass is 10.1. The average Bonchev–Trinajstić information content (AvgIpc) is 3.47. The number of anilines is 1. The van der Waals surface area contributed by atoms with E-state index in [1.807, 2.05) is 89.4 Å². The molecular weight excluding hydrogens is 482 g/mol. The zero-order valence-corrected chi connectivity index (χ0v) is 21.3. The van der Waals surface area contributed by atoms with Crippen LogP contribution in [0.2, 0.25) is 0 Å². The molecule has 186 valence electrons. The van der Waals surface area contributed by atoms with E-state index in [4.69, 9.17) is 16.6 Å². The van der Waals surface area contributed by atoms with Gasteiger partial charge in [-0.25, -0.2) is 4.68 Å². The quantitative estimate of drug-likeness (QED) is 0.254. The Bertz CT molecular complexity index is 1480. The molecule has 1 unspecified atom stereocenters. The zero-order chi connectivity index (χ0) is 25.9. The first kappa shape index (κ1) is 24.2. The molecule has 4 aromatic rings. The molecule has 0 fully saturated rings. The molecule has 0 bridgehead atoms. The predicted octanol–water partition coefficient (Wildman–Crippen LogP) is 4.23. The minimum absolute atomic E-state index is 0.297. The highest BCUT2D eigenvalue weighted by Gasteiger charge is 2.34. The summed E-state index contributed by atoms with van der Waals surface area (Å²) in [4.78, 5) is 14.1. The summed E-state index contributed by atoms with van der Waals surface area (Å²) in [5.74, 6) is -0.273. The van der Waals surface area contributed by atoms with Crippen molar-refractivity contribution in [3.05, 3.63) is 112 Å². The smallest absolute Gasteiger partial charge is 0.258 e. The number of hydrogen-bond acceptors (Lipinski definition) is 7. The molecule has 8 nitrogen and oxygen atoms in total. The molecule has 9 heteroatoms. The number of para-hydroxylation sites is 1. The molecule has 37 heavy (non-hydrogen) atoms. The summed E-state index contributed by atoms with van der Waals surface area (Å²) in [6.07, 6.45) is 3.67. The molecule has 5 rings (SSSR count). The fraction of sp³-hybridized carbons (Fsp3) is 0.107. The van der Waals surface area contributed by atoms with E-state index >= 15 is 0 Å². The maximum atomic E-state index is 12.0. The Morgan fingerprint density at radius 2 is 1.62 bits per heavy atom. The summed E-state index contributed by atoms with van der Waals surface area (Å²) in [5.41, 5.74) is 21.3. The third-order valence-corrected chi connectivity index (χ3v) is 7.15. The van der Waals surface area contributed by atoms with Crippen LogP contribution >= 0.6 is 11.8 Å². The normalized spacial score (nSPS) is 15.5. The van der Waals surface area contributed by atoms with Gasteiger partial charge in [-0.05, 0) is 38.1 Å². The van der Waals surface area contributed by atoms with Crippen molar-refractivity contribution in [3.8, 4) is 16.9 Å². The number of aromatic nitrogens is 2. The first-order valence-electron chi connectivity index (χ1n) is 11.7. The SMILES string of the molecule is Cc1ccc(-c2nn(-c3ccccc3)cc2/C=N/NC2SC(C(N)=O)=C(N)N2c2ccc(C)cc2)cc1. The summed E-state index contributed by atoms with van der Waals surface area (Å²) >= 11 is 1.23. The maximum Gasteiger partial charge on any atom is 0.258 e. The van der Waals surface area contributed by atoms with Crippen molar-refractivity contribution in [2.75, 3.05) is 4.90 Å². The minimum atomic E-state index is -0.571. The Kier molecular flexibility index (Phi) is 6.70. The fourth-order valence-electron chi connectivity index (χ4n) is 4.01. The lowest BCUT2D eigenvalue weighted by Crippen LogP contribution is -2.39. The van der Waals surface area contributed by atoms with E-state index in [1.165, 1.54) is 17.3 Å². The van der Waals surface area contributed by atoms with Crippen LogP contribution in [0, 0.1) is 13.8 Å². The molecule has 0 spiro atoms. The van der Waals surface area contributed by atoms with Crippen LogP contribution in [0.3, 0.4) is 0 Å². The third kappa shape index (κ3) is 5.07. The number of benzene rings is 3. The Balaban J connectivity index is 1.45. The third-order valence-electron chi connectivity index (χ3n) is 5.97. The van der Waals surface area contributed by atoms with E-state index in [0.717, 1.165) is 33.8 Å². The molecule has 0 aliphatic carbocycles. The van der Waals surface area contributed by atoms with Gasteiger partial charge in [0.05, 0.1) is 11.9 Å². The molecule has 2 heterocycles. The number of thioether (sulfide) groups is 1. The Morgan fingerprint density at radius 3 is 2.27 bits per heavy atom. The maximum absolute atomic E-state index is 12.0. The molecule has 1 aliphatic rings. The van der Waals surface area contributed by atoms with E-state index in [1.54, 1.807) is 6.21 Å². The molecule has 5 N–H and O–H groups in total. The minimum Gasteiger partial charge on any atom is -0.384 e. The van der Waals surface area contributed by atoms with Gasteiger partial charge in [-0.15, -0.1) is 0 Å². The number of primary amides is 1. The highest BCUT2D eigenvalue weighted by molar-refractivity contribution is 8.04. The van der Waals surface area contributed by atoms with Gasteiger partial charge in [0.15, 0.2) is 5.50 Å². The average molecular weight is 510 g/mol. The van der Waals surface area contributed by atoms with Gasteiger partial charge < -0.3 is 11.5 Å². The van der Waals surface area contributed by atoms with E-state index in [0.29, 0.717) is 10.7 Å². The van der Waals surface area contributed by atoms with Crippen molar-refractivity contribution >= 4 is 29.6 Å². The Labute approximate surface area is 219 Å². The highest BCUT2D eigenvalue weighted by atomic mass is 32.2. The molecule has 1 amide bonds. The summed E-state index contributed by atoms with van der Waals surface area (Å²) in [6, 6.07) is 26.0. The molecule has 1 atom stereocenters. The van der Waals surface area contributed by atoms with E-state index < -0.39 is 11.4 Å². The second kappa shape index (κ2) is 10.2. The monoisotopic (exact) mass is 509 g/mol. The molecule has 0 saturated carbocycles. The van der Waals surface area contributed by atoms with Crippen molar-refractivity contribution in [1.29, 1.82) is 0 Å². The van der Waals surface area contributed by atoms with Crippen LogP contribution in [0.4, 0.5) is 5.69 Å². The van der Waals surface area contributed by atoms with Gasteiger partial charge in [0.1, 0.15) is 16.4 Å². The zero-order valence-electron chi connectivity index (χ0n) is 20.5. The van der Waals surface area contributed by atoms with Gasteiger partial charge in [0, 0.05) is 23.0 Å². The Morgan fingerprint density at radius 1 is 0.973 bits per heavy atom. The molecule has 0 saturated heterocycles. The van der Waals surface area contributed by atoms with Crippen LogP contribution in [-0.4, -0.2) is 27.4 Å². The van der Waals surface area contributed by atoms with E-state index in [9.17, 15) is 4.79 Å². The van der Waals surface area contributed by atoms with Gasteiger partial charge >= 0.3 is 0 Å². The van der Waals surface area contributed by atoms with Crippen LogP contribution in [-0.2, 0) is 4.79 Å². The second-order valence-corrected chi connectivity index (χ2v) is 9.81. The fourth-order valence-corrected chi connectivity index (χ4v) is 5.02. The van der Waals surface area contributed by atoms with E-state index in [2.05, 4.69) is 29.6 Å². The topological polar surface area (TPSA) is 115 Å². The lowest BCUT2D eigenvalue weighted by molar-refractivity contribution is -0.113. The first-order chi connectivity index (χ1) is 17.9. The first-order valence-corrected chi connectivity index (χ1v) is 12.6. The number of carbonyl (C=O) groups excluding carboxylic acids is 1. The van der Waals surface area contributed by atoms with Crippen molar-refractivity contribution in [2.45, 2.75) is 19.3 Å². The molecule has 3 aromatic carbocycles. The Hall–Kier alpha value is -4.50. The predicted molar refractivity (Wildman–Crippen MR) is 150 cm³/mol. The lowest BCUT2D eigenvalue weighted by Gasteiger charge is -2.26. The number of hydrogen-bond donors (Lipinski definition) is 3. The number of nitrogens with two attached hydrogens (primary N) is 2. The number of carbonyl (C=O) groups is 1. The highest BCUT2D eigenvalue weighted by Crippen LogP contribution is 2.38. The molecule has 1 aromatic heterocycles. The van der Waals surface area contributed by atoms with Crippen LogP contribution in [0.15, 0.2) is 101 Å². The largest absolute Gasteiger partial charge is 0.384 e. The van der Waals surface area contributed by atoms with Gasteiger partial charge in [0.25, 0.3) is 5.91 Å². The summed E-state index contributed by atoms with van der Waals surface area (Å²) in [5, 5.41) is 9.37. The van der Waals surface area contributed by atoms with Crippen LogP contribution in [0.1, 0.15) is 16.7 Å². The van der Waals surface area contributed by atoms with Crippen molar-refractivity contribution in [3.63, 3.8) is 0 Å².